The van der Waals surface area contributed by atoms with Crippen molar-refractivity contribution in [2.24, 2.45) is 11.8 Å². The van der Waals surface area contributed by atoms with E-state index < -0.39 is 0 Å². The minimum absolute atomic E-state index is 0.0211. The van der Waals surface area contributed by atoms with Gasteiger partial charge in [-0.05, 0) is 61.4 Å². The van der Waals surface area contributed by atoms with Gasteiger partial charge in [-0.25, -0.2) is 4.39 Å². The van der Waals surface area contributed by atoms with E-state index in [1.807, 2.05) is 33.9 Å². The average Bonchev–Trinajstić information content (AvgIpc) is 3.67. The third-order valence-electron chi connectivity index (χ3n) is 8.96. The maximum atomic E-state index is 14.6. The van der Waals surface area contributed by atoms with Crippen molar-refractivity contribution in [3.05, 3.63) is 78.3 Å². The highest BCUT2D eigenvalue weighted by Crippen LogP contribution is 2.38. The number of pyridine rings is 2. The zero-order valence-electron chi connectivity index (χ0n) is 22.7. The highest BCUT2D eigenvalue weighted by Gasteiger charge is 2.47. The van der Waals surface area contributed by atoms with Crippen LogP contribution in [0, 0.1) is 17.7 Å². The standard InChI is InChI=1S/C32H32FN5O2/c1-18(2)29-24(4-3-10-35-29)25-13-21(33)6-8-27(25)38-17-26(23-9-11-34-14-28(23)38)31(39)20-15-37(16-20)32(40)30-19-5-7-22(12-19)36-30/h3-4,6,8-11,13-14,17-20,22,30,36H,5,7,12,15-16H2,1-2H3/t19-,22+,30-/m0/s1. The predicted octanol–water partition coefficient (Wildman–Crippen LogP) is 5.13. The second-order valence-electron chi connectivity index (χ2n) is 11.8. The van der Waals surface area contributed by atoms with E-state index in [0.29, 0.717) is 36.2 Å². The van der Waals surface area contributed by atoms with Crippen LogP contribution < -0.4 is 5.32 Å². The highest BCUT2D eigenvalue weighted by molar-refractivity contribution is 6.10. The molecule has 3 aromatic heterocycles. The smallest absolute Gasteiger partial charge is 0.240 e. The number of likely N-dealkylation sites (tertiary alicyclic amines) is 1. The van der Waals surface area contributed by atoms with Gasteiger partial charge in [0.25, 0.3) is 0 Å². The Labute approximate surface area is 232 Å². The van der Waals surface area contributed by atoms with Gasteiger partial charge in [-0.15, -0.1) is 0 Å². The van der Waals surface area contributed by atoms with Crippen molar-refractivity contribution in [2.45, 2.75) is 51.1 Å². The first-order valence-electron chi connectivity index (χ1n) is 14.2. The van der Waals surface area contributed by atoms with Gasteiger partial charge in [0.05, 0.1) is 35.1 Å². The SMILES string of the molecule is CC(C)c1ncccc1-c1cc(F)ccc1-n1cc(C(=O)C2CN(C(=O)[C@H]3N[C@@H]4CC[C@H]3C4)C2)c2ccncc21. The Balaban J connectivity index is 1.22. The summed E-state index contributed by atoms with van der Waals surface area (Å²) in [5.74, 6) is 0.148. The molecule has 0 spiro atoms. The Morgan fingerprint density at radius 3 is 2.67 bits per heavy atom. The molecule has 1 aromatic carbocycles. The summed E-state index contributed by atoms with van der Waals surface area (Å²) in [6, 6.07) is 10.8. The number of aromatic nitrogens is 3. The van der Waals surface area contributed by atoms with Crippen molar-refractivity contribution in [2.75, 3.05) is 13.1 Å². The number of Topliss-reactive ketones (excluding diaryl/α,β-unsaturated/α-hetero) is 1. The van der Waals surface area contributed by atoms with E-state index in [2.05, 4.69) is 29.1 Å². The number of carbonyl (C=O) groups is 2. The number of carbonyl (C=O) groups excluding carboxylic acids is 2. The van der Waals surface area contributed by atoms with E-state index in [0.717, 1.165) is 47.1 Å². The lowest BCUT2D eigenvalue weighted by molar-refractivity contribution is -0.139. The van der Waals surface area contributed by atoms with Crippen LogP contribution >= 0.6 is 0 Å². The van der Waals surface area contributed by atoms with E-state index in [1.54, 1.807) is 24.7 Å². The summed E-state index contributed by atoms with van der Waals surface area (Å²) in [6.07, 6.45) is 10.4. The Morgan fingerprint density at radius 2 is 1.93 bits per heavy atom. The topological polar surface area (TPSA) is 80.1 Å². The normalized spacial score (nSPS) is 22.3. The zero-order chi connectivity index (χ0) is 27.5. The van der Waals surface area contributed by atoms with Crippen LogP contribution in [0.4, 0.5) is 4.39 Å². The number of halogens is 1. The molecule has 2 aliphatic heterocycles. The molecule has 8 heteroatoms. The summed E-state index contributed by atoms with van der Waals surface area (Å²) >= 11 is 0. The molecule has 1 amide bonds. The molecule has 204 valence electrons. The Hall–Kier alpha value is -3.91. The summed E-state index contributed by atoms with van der Waals surface area (Å²) in [6.45, 7) is 5.02. The lowest BCUT2D eigenvalue weighted by Crippen LogP contribution is -2.59. The van der Waals surface area contributed by atoms with Crippen LogP contribution in [0.3, 0.4) is 0 Å². The van der Waals surface area contributed by atoms with Crippen LogP contribution in [0.25, 0.3) is 27.7 Å². The molecule has 3 fully saturated rings. The van der Waals surface area contributed by atoms with E-state index in [1.165, 1.54) is 12.1 Å². The van der Waals surface area contributed by atoms with E-state index in [9.17, 15) is 14.0 Å². The van der Waals surface area contributed by atoms with Gasteiger partial charge < -0.3 is 14.8 Å². The van der Waals surface area contributed by atoms with Crippen molar-refractivity contribution in [3.8, 4) is 16.8 Å². The number of fused-ring (bicyclic) bond motifs is 3. The van der Waals surface area contributed by atoms with Crippen molar-refractivity contribution in [3.63, 3.8) is 0 Å². The number of hydrogen-bond donors (Lipinski definition) is 1. The molecule has 1 aliphatic carbocycles. The lowest BCUT2D eigenvalue weighted by Gasteiger charge is -2.41. The molecule has 0 radical (unpaired) electrons. The van der Waals surface area contributed by atoms with Crippen molar-refractivity contribution < 1.29 is 14.0 Å². The van der Waals surface area contributed by atoms with Gasteiger partial charge >= 0.3 is 0 Å². The number of nitrogens with one attached hydrogen (secondary N) is 1. The molecule has 2 saturated heterocycles. The Morgan fingerprint density at radius 1 is 1.07 bits per heavy atom. The lowest BCUT2D eigenvalue weighted by atomic mass is 9.89. The van der Waals surface area contributed by atoms with Crippen LogP contribution in [0.15, 0.2) is 61.2 Å². The highest BCUT2D eigenvalue weighted by atomic mass is 19.1. The van der Waals surface area contributed by atoms with Gasteiger partial charge in [0.2, 0.25) is 5.91 Å². The minimum atomic E-state index is -0.340. The van der Waals surface area contributed by atoms with Gasteiger partial charge in [0.1, 0.15) is 5.82 Å². The molecular weight excluding hydrogens is 505 g/mol. The summed E-state index contributed by atoms with van der Waals surface area (Å²) in [4.78, 5) is 37.6. The summed E-state index contributed by atoms with van der Waals surface area (Å²) in [5.41, 5.74) is 4.55. The van der Waals surface area contributed by atoms with Crippen molar-refractivity contribution in [1.82, 2.24) is 24.8 Å². The van der Waals surface area contributed by atoms with Crippen LogP contribution in [0.5, 0.6) is 0 Å². The maximum absolute atomic E-state index is 14.6. The van der Waals surface area contributed by atoms with E-state index in [-0.39, 0.29) is 35.4 Å². The first-order valence-corrected chi connectivity index (χ1v) is 14.2. The van der Waals surface area contributed by atoms with Crippen molar-refractivity contribution >= 4 is 22.6 Å². The zero-order valence-corrected chi connectivity index (χ0v) is 22.7. The quantitative estimate of drug-likeness (QED) is 0.345. The van der Waals surface area contributed by atoms with Crippen LogP contribution in [-0.4, -0.2) is 56.3 Å². The summed E-state index contributed by atoms with van der Waals surface area (Å²) in [5, 5.41) is 4.27. The molecule has 3 atom stereocenters. The van der Waals surface area contributed by atoms with Crippen LogP contribution in [-0.2, 0) is 4.79 Å². The van der Waals surface area contributed by atoms with E-state index >= 15 is 0 Å². The van der Waals surface area contributed by atoms with Gasteiger partial charge in [0, 0.05) is 59.8 Å². The van der Waals surface area contributed by atoms with E-state index in [4.69, 9.17) is 0 Å². The van der Waals surface area contributed by atoms with Crippen LogP contribution in [0.2, 0.25) is 0 Å². The average molecular weight is 538 g/mol. The molecule has 7 nitrogen and oxygen atoms in total. The molecule has 5 heterocycles. The Kier molecular flexibility index (Phi) is 6.04. The van der Waals surface area contributed by atoms with Crippen LogP contribution in [0.1, 0.15) is 55.1 Å². The largest absolute Gasteiger partial charge is 0.340 e. The second kappa shape index (κ2) is 9.63. The fourth-order valence-electron chi connectivity index (χ4n) is 6.88. The fourth-order valence-corrected chi connectivity index (χ4v) is 6.88. The number of ketones is 1. The fraction of sp³-hybridized carbons (Fsp3) is 0.375. The number of nitrogens with zero attached hydrogens (tertiary/aromatic N) is 4. The maximum Gasteiger partial charge on any atom is 0.240 e. The van der Waals surface area contributed by atoms with Crippen molar-refractivity contribution in [1.29, 1.82) is 0 Å². The minimum Gasteiger partial charge on any atom is -0.340 e. The van der Waals surface area contributed by atoms with Gasteiger partial charge in [-0.3, -0.25) is 19.6 Å². The second-order valence-corrected chi connectivity index (χ2v) is 11.8. The number of hydrogen-bond acceptors (Lipinski definition) is 5. The first-order chi connectivity index (χ1) is 19.4. The Bertz CT molecular complexity index is 1640. The molecule has 7 rings (SSSR count). The number of piperidine rings is 1. The molecule has 3 aliphatic rings. The van der Waals surface area contributed by atoms with Gasteiger partial charge in [-0.1, -0.05) is 19.9 Å². The third kappa shape index (κ3) is 4.04. The van der Waals surface area contributed by atoms with Gasteiger partial charge in [-0.2, -0.15) is 0 Å². The number of amides is 1. The monoisotopic (exact) mass is 537 g/mol. The third-order valence-corrected chi connectivity index (χ3v) is 8.96. The first kappa shape index (κ1) is 25.1. The molecule has 1 N–H and O–H groups in total. The molecule has 4 aromatic rings. The molecular formula is C32H32FN5O2. The molecule has 40 heavy (non-hydrogen) atoms. The predicted molar refractivity (Wildman–Crippen MR) is 151 cm³/mol. The number of rotatable bonds is 6. The van der Waals surface area contributed by atoms with Gasteiger partial charge in [0.15, 0.2) is 5.78 Å². The number of benzene rings is 1. The summed E-state index contributed by atoms with van der Waals surface area (Å²) < 4.78 is 16.6. The molecule has 2 bridgehead atoms. The summed E-state index contributed by atoms with van der Waals surface area (Å²) in [7, 11) is 0. The molecule has 1 saturated carbocycles. The molecule has 0 unspecified atom stereocenters.